The SMILES string of the molecule is CCC(N)C(=O)c1c[nH]c2cccc(OC)c12. The molecule has 0 radical (unpaired) electrons. The average Bonchev–Trinajstić information content (AvgIpc) is 2.80. The van der Waals surface area contributed by atoms with Gasteiger partial charge in [-0.25, -0.2) is 0 Å². The topological polar surface area (TPSA) is 68.1 Å². The van der Waals surface area contributed by atoms with Crippen LogP contribution in [0, 0.1) is 0 Å². The van der Waals surface area contributed by atoms with Gasteiger partial charge in [0.25, 0.3) is 0 Å². The zero-order chi connectivity index (χ0) is 12.4. The molecular weight excluding hydrogens is 216 g/mol. The number of nitrogens with one attached hydrogen (secondary N) is 1. The smallest absolute Gasteiger partial charge is 0.181 e. The number of rotatable bonds is 4. The summed E-state index contributed by atoms with van der Waals surface area (Å²) in [6.07, 6.45) is 2.33. The molecule has 2 aromatic rings. The molecular formula is C13H16N2O2. The Balaban J connectivity index is 2.59. The third-order valence-electron chi connectivity index (χ3n) is 2.93. The summed E-state index contributed by atoms with van der Waals surface area (Å²) in [5.74, 6) is 0.638. The van der Waals surface area contributed by atoms with Crippen molar-refractivity contribution in [3.63, 3.8) is 0 Å². The molecule has 1 heterocycles. The third kappa shape index (κ3) is 1.91. The van der Waals surface area contributed by atoms with Gasteiger partial charge in [-0.15, -0.1) is 0 Å². The van der Waals surface area contributed by atoms with E-state index in [1.54, 1.807) is 13.3 Å². The number of methoxy groups -OCH3 is 1. The molecule has 0 amide bonds. The molecule has 1 atom stereocenters. The molecule has 90 valence electrons. The van der Waals surface area contributed by atoms with Crippen molar-refractivity contribution in [2.24, 2.45) is 5.73 Å². The summed E-state index contributed by atoms with van der Waals surface area (Å²) in [5.41, 5.74) is 7.27. The van der Waals surface area contributed by atoms with E-state index in [-0.39, 0.29) is 5.78 Å². The van der Waals surface area contributed by atoms with E-state index in [1.807, 2.05) is 25.1 Å². The van der Waals surface area contributed by atoms with Gasteiger partial charge in [0.1, 0.15) is 5.75 Å². The van der Waals surface area contributed by atoms with Gasteiger partial charge < -0.3 is 15.5 Å². The summed E-state index contributed by atoms with van der Waals surface area (Å²) in [6, 6.07) is 5.17. The van der Waals surface area contributed by atoms with Crippen molar-refractivity contribution < 1.29 is 9.53 Å². The summed E-state index contributed by atoms with van der Waals surface area (Å²) >= 11 is 0. The van der Waals surface area contributed by atoms with Crippen LogP contribution in [0.5, 0.6) is 5.75 Å². The molecule has 0 aliphatic heterocycles. The molecule has 0 fully saturated rings. The number of nitrogens with two attached hydrogens (primary N) is 1. The molecule has 0 aliphatic rings. The first-order valence-corrected chi connectivity index (χ1v) is 5.63. The lowest BCUT2D eigenvalue weighted by molar-refractivity contribution is 0.0961. The number of carbonyl (C=O) groups is 1. The van der Waals surface area contributed by atoms with Crippen molar-refractivity contribution in [1.82, 2.24) is 4.98 Å². The quantitative estimate of drug-likeness (QED) is 0.793. The maximum Gasteiger partial charge on any atom is 0.181 e. The highest BCUT2D eigenvalue weighted by molar-refractivity contribution is 6.12. The average molecular weight is 232 g/mol. The van der Waals surface area contributed by atoms with Crippen LogP contribution in [0.2, 0.25) is 0 Å². The highest BCUT2D eigenvalue weighted by atomic mass is 16.5. The molecule has 0 bridgehead atoms. The third-order valence-corrected chi connectivity index (χ3v) is 2.93. The molecule has 1 aromatic carbocycles. The highest BCUT2D eigenvalue weighted by Crippen LogP contribution is 2.29. The fourth-order valence-electron chi connectivity index (χ4n) is 1.90. The summed E-state index contributed by atoms with van der Waals surface area (Å²) in [7, 11) is 1.59. The second kappa shape index (κ2) is 4.59. The van der Waals surface area contributed by atoms with Crippen LogP contribution < -0.4 is 10.5 Å². The molecule has 1 aromatic heterocycles. The van der Waals surface area contributed by atoms with E-state index >= 15 is 0 Å². The first-order valence-electron chi connectivity index (χ1n) is 5.63. The number of aromatic nitrogens is 1. The predicted molar refractivity (Wildman–Crippen MR) is 67.4 cm³/mol. The predicted octanol–water partition coefficient (Wildman–Crippen LogP) is 2.10. The Labute approximate surface area is 99.8 Å². The number of Topliss-reactive ketones (excluding diaryl/α,β-unsaturated/α-hetero) is 1. The van der Waals surface area contributed by atoms with Crippen molar-refractivity contribution in [2.45, 2.75) is 19.4 Å². The Kier molecular flexibility index (Phi) is 3.15. The Bertz CT molecular complexity index is 545. The van der Waals surface area contributed by atoms with Gasteiger partial charge in [0.2, 0.25) is 0 Å². The van der Waals surface area contributed by atoms with Gasteiger partial charge in [-0.2, -0.15) is 0 Å². The first kappa shape index (κ1) is 11.7. The van der Waals surface area contributed by atoms with Crippen LogP contribution in [0.3, 0.4) is 0 Å². The highest BCUT2D eigenvalue weighted by Gasteiger charge is 2.19. The molecule has 3 N–H and O–H groups in total. The Hall–Kier alpha value is -1.81. The Morgan fingerprint density at radius 3 is 2.94 bits per heavy atom. The van der Waals surface area contributed by atoms with Gasteiger partial charge in [0, 0.05) is 17.3 Å². The van der Waals surface area contributed by atoms with Crippen LogP contribution in [0.25, 0.3) is 10.9 Å². The lowest BCUT2D eigenvalue weighted by atomic mass is 10.0. The lowest BCUT2D eigenvalue weighted by Gasteiger charge is -2.08. The maximum absolute atomic E-state index is 12.1. The Morgan fingerprint density at radius 2 is 2.29 bits per heavy atom. The number of hydrogen-bond acceptors (Lipinski definition) is 3. The number of ketones is 1. The standard InChI is InChI=1S/C13H16N2O2/c1-3-9(14)13(16)8-7-15-10-5-4-6-11(17-2)12(8)10/h4-7,9,15H,3,14H2,1-2H3. The molecule has 0 spiro atoms. The van der Waals surface area contributed by atoms with Crippen LogP contribution in [-0.2, 0) is 0 Å². The minimum atomic E-state index is -0.459. The normalized spacial score (nSPS) is 12.6. The molecule has 0 saturated carbocycles. The second-order valence-electron chi connectivity index (χ2n) is 3.96. The van der Waals surface area contributed by atoms with E-state index in [1.165, 1.54) is 0 Å². The number of hydrogen-bond donors (Lipinski definition) is 2. The van der Waals surface area contributed by atoms with E-state index < -0.39 is 6.04 Å². The van der Waals surface area contributed by atoms with Crippen LogP contribution in [0.15, 0.2) is 24.4 Å². The summed E-state index contributed by atoms with van der Waals surface area (Å²) in [5, 5.41) is 0.809. The molecule has 0 aliphatic carbocycles. The minimum absolute atomic E-state index is 0.0525. The number of benzene rings is 1. The van der Waals surface area contributed by atoms with Crippen LogP contribution >= 0.6 is 0 Å². The van der Waals surface area contributed by atoms with Gasteiger partial charge in [-0.3, -0.25) is 4.79 Å². The fourth-order valence-corrected chi connectivity index (χ4v) is 1.90. The Morgan fingerprint density at radius 1 is 1.53 bits per heavy atom. The number of ether oxygens (including phenoxy) is 1. The van der Waals surface area contributed by atoms with Gasteiger partial charge in [-0.05, 0) is 18.6 Å². The van der Waals surface area contributed by atoms with Crippen LogP contribution in [0.1, 0.15) is 23.7 Å². The van der Waals surface area contributed by atoms with Crippen LogP contribution in [-0.4, -0.2) is 23.9 Å². The molecule has 4 heteroatoms. The largest absolute Gasteiger partial charge is 0.496 e. The van der Waals surface area contributed by atoms with Gasteiger partial charge in [0.05, 0.1) is 18.5 Å². The zero-order valence-corrected chi connectivity index (χ0v) is 9.99. The molecule has 0 saturated heterocycles. The van der Waals surface area contributed by atoms with Gasteiger partial charge >= 0.3 is 0 Å². The maximum atomic E-state index is 12.1. The van der Waals surface area contributed by atoms with Gasteiger partial charge in [-0.1, -0.05) is 13.0 Å². The van der Waals surface area contributed by atoms with Crippen molar-refractivity contribution in [1.29, 1.82) is 0 Å². The number of aromatic amines is 1. The van der Waals surface area contributed by atoms with E-state index in [0.29, 0.717) is 17.7 Å². The monoisotopic (exact) mass is 232 g/mol. The lowest BCUT2D eigenvalue weighted by Crippen LogP contribution is -2.29. The van der Waals surface area contributed by atoms with Crippen molar-refractivity contribution in [2.75, 3.05) is 7.11 Å². The van der Waals surface area contributed by atoms with Crippen molar-refractivity contribution >= 4 is 16.7 Å². The summed E-state index contributed by atoms with van der Waals surface area (Å²) in [4.78, 5) is 15.2. The molecule has 17 heavy (non-hydrogen) atoms. The van der Waals surface area contributed by atoms with Crippen molar-refractivity contribution in [3.05, 3.63) is 30.0 Å². The fraction of sp³-hybridized carbons (Fsp3) is 0.308. The van der Waals surface area contributed by atoms with E-state index in [2.05, 4.69) is 4.98 Å². The second-order valence-corrected chi connectivity index (χ2v) is 3.96. The molecule has 1 unspecified atom stereocenters. The van der Waals surface area contributed by atoms with Crippen molar-refractivity contribution in [3.8, 4) is 5.75 Å². The first-order chi connectivity index (χ1) is 8.19. The number of carbonyl (C=O) groups excluding carboxylic acids is 1. The minimum Gasteiger partial charge on any atom is -0.496 e. The summed E-state index contributed by atoms with van der Waals surface area (Å²) in [6.45, 7) is 1.90. The van der Waals surface area contributed by atoms with E-state index in [9.17, 15) is 4.79 Å². The zero-order valence-electron chi connectivity index (χ0n) is 9.99. The number of H-pyrrole nitrogens is 1. The molecule has 2 rings (SSSR count). The summed E-state index contributed by atoms with van der Waals surface area (Å²) < 4.78 is 5.28. The molecule has 4 nitrogen and oxygen atoms in total. The number of fused-ring (bicyclic) bond motifs is 1. The van der Waals surface area contributed by atoms with Gasteiger partial charge in [0.15, 0.2) is 5.78 Å². The van der Waals surface area contributed by atoms with E-state index in [4.69, 9.17) is 10.5 Å². The van der Waals surface area contributed by atoms with Crippen LogP contribution in [0.4, 0.5) is 0 Å². The van der Waals surface area contributed by atoms with E-state index in [0.717, 1.165) is 10.9 Å².